The van der Waals surface area contributed by atoms with Crippen LogP contribution in [0.15, 0.2) is 24.5 Å². The topological polar surface area (TPSA) is 42.0 Å². The van der Waals surface area contributed by atoms with Crippen molar-refractivity contribution in [3.05, 3.63) is 30.1 Å². The van der Waals surface area contributed by atoms with E-state index in [2.05, 4.69) is 10.3 Å². The van der Waals surface area contributed by atoms with Gasteiger partial charge in [0.25, 0.3) is 0 Å². The maximum Gasteiger partial charge on any atom is 0.220 e. The highest BCUT2D eigenvalue weighted by Gasteiger charge is 2.08. The first-order chi connectivity index (χ1) is 7.74. The van der Waals surface area contributed by atoms with Gasteiger partial charge >= 0.3 is 0 Å². The largest absolute Gasteiger partial charge is 0.350 e. The van der Waals surface area contributed by atoms with Crippen molar-refractivity contribution in [2.45, 2.75) is 32.2 Å². The normalized spacial score (nSPS) is 12.1. The van der Waals surface area contributed by atoms with Crippen molar-refractivity contribution in [2.75, 3.05) is 5.88 Å². The molecule has 1 rings (SSSR count). The van der Waals surface area contributed by atoms with E-state index < -0.39 is 0 Å². The number of aromatic nitrogens is 1. The van der Waals surface area contributed by atoms with Gasteiger partial charge < -0.3 is 5.32 Å². The van der Waals surface area contributed by atoms with Crippen LogP contribution in [0.1, 0.15) is 37.8 Å². The summed E-state index contributed by atoms with van der Waals surface area (Å²) >= 11 is 5.55. The summed E-state index contributed by atoms with van der Waals surface area (Å²) in [6.07, 6.45) is 5.75. The zero-order valence-corrected chi connectivity index (χ0v) is 10.2. The van der Waals surface area contributed by atoms with Crippen LogP contribution in [0.4, 0.5) is 0 Å². The van der Waals surface area contributed by atoms with Gasteiger partial charge in [0, 0.05) is 24.7 Å². The third kappa shape index (κ3) is 4.62. The first kappa shape index (κ1) is 13.0. The Kier molecular flexibility index (Phi) is 5.86. The van der Waals surface area contributed by atoms with Crippen molar-refractivity contribution in [3.8, 4) is 0 Å². The van der Waals surface area contributed by atoms with Crippen LogP contribution in [0.5, 0.6) is 0 Å². The predicted octanol–water partition coefficient (Wildman–Crippen LogP) is 2.67. The number of nitrogens with one attached hydrogen (secondary N) is 1. The first-order valence-electron chi connectivity index (χ1n) is 5.49. The predicted molar refractivity (Wildman–Crippen MR) is 65.4 cm³/mol. The SMILES string of the molecule is C[C@H](NC(=O)CCCCCl)c1cccnc1. The summed E-state index contributed by atoms with van der Waals surface area (Å²) in [4.78, 5) is 15.5. The molecule has 0 saturated heterocycles. The Hall–Kier alpha value is -1.09. The molecule has 0 unspecified atom stereocenters. The zero-order chi connectivity index (χ0) is 11.8. The molecule has 3 nitrogen and oxygen atoms in total. The highest BCUT2D eigenvalue weighted by Crippen LogP contribution is 2.10. The molecule has 1 aromatic heterocycles. The fourth-order valence-electron chi connectivity index (χ4n) is 1.41. The molecule has 0 radical (unpaired) electrons. The molecule has 0 aromatic carbocycles. The Balaban J connectivity index is 2.34. The van der Waals surface area contributed by atoms with Crippen molar-refractivity contribution < 1.29 is 4.79 Å². The summed E-state index contributed by atoms with van der Waals surface area (Å²) in [5.41, 5.74) is 1.02. The summed E-state index contributed by atoms with van der Waals surface area (Å²) in [6.45, 7) is 1.95. The minimum absolute atomic E-state index is 0.0113. The van der Waals surface area contributed by atoms with E-state index in [1.807, 2.05) is 19.1 Å². The number of hydrogen-bond acceptors (Lipinski definition) is 2. The molecular weight excluding hydrogens is 224 g/mol. The number of halogens is 1. The van der Waals surface area contributed by atoms with E-state index in [0.717, 1.165) is 18.4 Å². The number of carbonyl (C=O) groups is 1. The van der Waals surface area contributed by atoms with E-state index >= 15 is 0 Å². The van der Waals surface area contributed by atoms with Crippen molar-refractivity contribution in [2.24, 2.45) is 0 Å². The number of carbonyl (C=O) groups excluding carboxylic acids is 1. The van der Waals surface area contributed by atoms with Gasteiger partial charge in [-0.25, -0.2) is 0 Å². The molecule has 0 aliphatic heterocycles. The van der Waals surface area contributed by atoms with Gasteiger partial charge in [-0.15, -0.1) is 11.6 Å². The lowest BCUT2D eigenvalue weighted by molar-refractivity contribution is -0.121. The van der Waals surface area contributed by atoms with E-state index in [4.69, 9.17) is 11.6 Å². The fraction of sp³-hybridized carbons (Fsp3) is 0.500. The Morgan fingerprint density at radius 3 is 3.00 bits per heavy atom. The second-order valence-corrected chi connectivity index (χ2v) is 4.10. The monoisotopic (exact) mass is 240 g/mol. The first-order valence-corrected chi connectivity index (χ1v) is 6.02. The molecule has 0 aliphatic rings. The number of amides is 1. The van der Waals surface area contributed by atoms with Gasteiger partial charge in [0.05, 0.1) is 6.04 Å². The maximum absolute atomic E-state index is 11.5. The van der Waals surface area contributed by atoms with Crippen LogP contribution >= 0.6 is 11.6 Å². The number of unbranched alkanes of at least 4 members (excludes halogenated alkanes) is 1. The Labute approximate surface area is 101 Å². The third-order valence-corrected chi connectivity index (χ3v) is 2.62. The highest BCUT2D eigenvalue weighted by atomic mass is 35.5. The van der Waals surface area contributed by atoms with Crippen molar-refractivity contribution in [3.63, 3.8) is 0 Å². The van der Waals surface area contributed by atoms with Crippen LogP contribution in [0.3, 0.4) is 0 Å². The number of hydrogen-bond donors (Lipinski definition) is 1. The van der Waals surface area contributed by atoms with E-state index in [1.54, 1.807) is 12.4 Å². The van der Waals surface area contributed by atoms with Crippen LogP contribution in [-0.4, -0.2) is 16.8 Å². The quantitative estimate of drug-likeness (QED) is 0.614. The second kappa shape index (κ2) is 7.23. The van der Waals surface area contributed by atoms with E-state index in [9.17, 15) is 4.79 Å². The van der Waals surface area contributed by atoms with Crippen LogP contribution in [-0.2, 0) is 4.79 Å². The molecule has 4 heteroatoms. The lowest BCUT2D eigenvalue weighted by Gasteiger charge is -2.13. The molecular formula is C12H17ClN2O. The number of pyridine rings is 1. The molecule has 1 amide bonds. The summed E-state index contributed by atoms with van der Waals surface area (Å²) in [6, 6.07) is 3.83. The lowest BCUT2D eigenvalue weighted by atomic mass is 10.1. The minimum Gasteiger partial charge on any atom is -0.350 e. The van der Waals surface area contributed by atoms with Crippen molar-refractivity contribution in [1.82, 2.24) is 10.3 Å². The van der Waals surface area contributed by atoms with Crippen LogP contribution in [0.25, 0.3) is 0 Å². The molecule has 1 atom stereocenters. The van der Waals surface area contributed by atoms with Crippen molar-refractivity contribution in [1.29, 1.82) is 0 Å². The molecule has 0 aliphatic carbocycles. The molecule has 1 aromatic rings. The fourth-order valence-corrected chi connectivity index (χ4v) is 1.60. The van der Waals surface area contributed by atoms with Gasteiger partial charge in [-0.1, -0.05) is 6.07 Å². The molecule has 0 saturated carbocycles. The van der Waals surface area contributed by atoms with Gasteiger partial charge in [-0.2, -0.15) is 0 Å². The Morgan fingerprint density at radius 1 is 1.56 bits per heavy atom. The van der Waals surface area contributed by atoms with Crippen LogP contribution in [0.2, 0.25) is 0 Å². The van der Waals surface area contributed by atoms with Gasteiger partial charge in [0.1, 0.15) is 0 Å². The average molecular weight is 241 g/mol. The molecule has 1 heterocycles. The summed E-state index contributed by atoms with van der Waals surface area (Å²) in [5.74, 6) is 0.687. The molecule has 0 fully saturated rings. The van der Waals surface area contributed by atoms with Gasteiger partial charge in [0.2, 0.25) is 5.91 Å². The van der Waals surface area contributed by atoms with E-state index in [-0.39, 0.29) is 11.9 Å². The number of alkyl halides is 1. The third-order valence-electron chi connectivity index (χ3n) is 2.35. The Bertz CT molecular complexity index is 316. The summed E-state index contributed by atoms with van der Waals surface area (Å²) in [7, 11) is 0. The maximum atomic E-state index is 11.5. The molecule has 88 valence electrons. The Morgan fingerprint density at radius 2 is 2.38 bits per heavy atom. The number of rotatable bonds is 6. The van der Waals surface area contributed by atoms with Crippen LogP contribution < -0.4 is 5.32 Å². The second-order valence-electron chi connectivity index (χ2n) is 3.72. The molecule has 1 N–H and O–H groups in total. The lowest BCUT2D eigenvalue weighted by Crippen LogP contribution is -2.26. The van der Waals surface area contributed by atoms with E-state index in [0.29, 0.717) is 12.3 Å². The minimum atomic E-state index is 0.0113. The molecule has 16 heavy (non-hydrogen) atoms. The van der Waals surface area contributed by atoms with Gasteiger partial charge in [-0.3, -0.25) is 9.78 Å². The van der Waals surface area contributed by atoms with Gasteiger partial charge in [0.15, 0.2) is 0 Å². The molecule has 0 bridgehead atoms. The number of nitrogens with zero attached hydrogens (tertiary/aromatic N) is 1. The van der Waals surface area contributed by atoms with Crippen molar-refractivity contribution >= 4 is 17.5 Å². The highest BCUT2D eigenvalue weighted by molar-refractivity contribution is 6.17. The smallest absolute Gasteiger partial charge is 0.220 e. The van der Waals surface area contributed by atoms with E-state index in [1.165, 1.54) is 0 Å². The summed E-state index contributed by atoms with van der Waals surface area (Å²) in [5, 5.41) is 2.93. The van der Waals surface area contributed by atoms with Gasteiger partial charge in [-0.05, 0) is 31.4 Å². The zero-order valence-electron chi connectivity index (χ0n) is 9.45. The van der Waals surface area contributed by atoms with Crippen LogP contribution in [0, 0.1) is 0 Å². The average Bonchev–Trinajstić information content (AvgIpc) is 2.30. The summed E-state index contributed by atoms with van der Waals surface area (Å²) < 4.78 is 0. The molecule has 0 spiro atoms. The standard InChI is InChI=1S/C12H17ClN2O/c1-10(11-5-4-8-14-9-11)15-12(16)6-2-3-7-13/h4-5,8-10H,2-3,6-7H2,1H3,(H,15,16)/t10-/m0/s1.